The summed E-state index contributed by atoms with van der Waals surface area (Å²) in [6.45, 7) is 4.44. The van der Waals surface area contributed by atoms with Crippen molar-refractivity contribution in [1.29, 1.82) is 0 Å². The molecule has 4 fully saturated rings. The molecule has 1 unspecified atom stereocenters. The highest BCUT2D eigenvalue weighted by atomic mass is 35.5. The van der Waals surface area contributed by atoms with Gasteiger partial charge in [-0.05, 0) is 82.3 Å². The van der Waals surface area contributed by atoms with E-state index in [1.54, 1.807) is 6.92 Å². The molecule has 4 aliphatic carbocycles. The fourth-order valence-corrected chi connectivity index (χ4v) is 7.57. The number of carbonyl (C=O) groups is 2. The molecule has 1 atom stereocenters. The smallest absolute Gasteiger partial charge is 0.321 e. The average molecular weight is 488 g/mol. The van der Waals surface area contributed by atoms with Crippen LogP contribution in [-0.4, -0.2) is 37.5 Å². The first-order chi connectivity index (χ1) is 15.8. The lowest BCUT2D eigenvalue weighted by Gasteiger charge is -2.56. The number of urea groups is 1. The molecule has 1 aromatic heterocycles. The highest BCUT2D eigenvalue weighted by molar-refractivity contribution is 8.00. The van der Waals surface area contributed by atoms with Crippen LogP contribution < -0.4 is 10.6 Å². The maximum absolute atomic E-state index is 12.8. The Kier molecular flexibility index (Phi) is 6.16. The third-order valence-electron chi connectivity index (χ3n) is 7.42. The summed E-state index contributed by atoms with van der Waals surface area (Å²) < 4.78 is 1.95. The molecule has 2 N–H and O–H groups in total. The number of aromatic nitrogens is 3. The van der Waals surface area contributed by atoms with Gasteiger partial charge in [-0.1, -0.05) is 35.5 Å². The fraction of sp³-hybridized carbons (Fsp3) is 0.583. The number of hydrogen-bond acceptors (Lipinski definition) is 5. The van der Waals surface area contributed by atoms with Crippen molar-refractivity contribution in [2.45, 2.75) is 74.9 Å². The van der Waals surface area contributed by atoms with Crippen LogP contribution in [0.2, 0.25) is 5.02 Å². The number of carbonyl (C=O) groups excluding carboxylic acids is 2. The number of thioether (sulfide) groups is 1. The molecule has 176 valence electrons. The summed E-state index contributed by atoms with van der Waals surface area (Å²) >= 11 is 7.43. The zero-order valence-corrected chi connectivity index (χ0v) is 20.6. The Morgan fingerprint density at radius 3 is 2.45 bits per heavy atom. The summed E-state index contributed by atoms with van der Waals surface area (Å²) in [5, 5.41) is 15.2. The molecule has 3 amide bonds. The van der Waals surface area contributed by atoms with Crippen LogP contribution in [0.25, 0.3) is 11.4 Å². The maximum Gasteiger partial charge on any atom is 0.321 e. The normalized spacial score (nSPS) is 28.5. The summed E-state index contributed by atoms with van der Waals surface area (Å²) in [7, 11) is 0. The third kappa shape index (κ3) is 4.64. The summed E-state index contributed by atoms with van der Waals surface area (Å²) in [6.07, 6.45) is 7.09. The number of hydrogen-bond donors (Lipinski definition) is 2. The van der Waals surface area contributed by atoms with Crippen LogP contribution in [0.5, 0.6) is 0 Å². The lowest BCUT2D eigenvalue weighted by molar-refractivity contribution is -0.119. The molecule has 1 aromatic carbocycles. The minimum absolute atomic E-state index is 0.121. The van der Waals surface area contributed by atoms with Gasteiger partial charge in [0.05, 0.1) is 5.25 Å². The molecule has 4 bridgehead atoms. The zero-order chi connectivity index (χ0) is 23.2. The van der Waals surface area contributed by atoms with Gasteiger partial charge in [-0.25, -0.2) is 4.79 Å². The minimum atomic E-state index is -0.492. The van der Waals surface area contributed by atoms with Crippen LogP contribution >= 0.6 is 23.4 Å². The number of nitrogens with one attached hydrogen (secondary N) is 2. The summed E-state index contributed by atoms with van der Waals surface area (Å²) in [6, 6.07) is 7.09. The molecule has 0 aliphatic heterocycles. The topological polar surface area (TPSA) is 88.9 Å². The van der Waals surface area contributed by atoms with E-state index in [0.717, 1.165) is 42.6 Å². The molecule has 7 nitrogen and oxygen atoms in total. The van der Waals surface area contributed by atoms with Gasteiger partial charge in [-0.15, -0.1) is 10.2 Å². The van der Waals surface area contributed by atoms with Gasteiger partial charge in [-0.3, -0.25) is 10.1 Å². The predicted octanol–water partition coefficient (Wildman–Crippen LogP) is 4.89. The second-order valence-electron chi connectivity index (χ2n) is 9.96. The molecule has 4 aliphatic rings. The van der Waals surface area contributed by atoms with E-state index in [9.17, 15) is 9.59 Å². The van der Waals surface area contributed by atoms with Crippen LogP contribution in [0.3, 0.4) is 0 Å². The van der Waals surface area contributed by atoms with Gasteiger partial charge >= 0.3 is 6.03 Å². The Balaban J connectivity index is 1.21. The fourth-order valence-electron chi connectivity index (χ4n) is 6.46. The SMILES string of the molecule is CCn1c(SC(C)C(=O)NC(=O)NC23CC4CC(CC(C4)C2)C3)nnc1-c1cccc(Cl)c1. The van der Waals surface area contributed by atoms with Crippen molar-refractivity contribution >= 4 is 35.3 Å². The Bertz CT molecular complexity index is 1040. The van der Waals surface area contributed by atoms with Gasteiger partial charge in [0, 0.05) is 22.7 Å². The molecule has 1 heterocycles. The van der Waals surface area contributed by atoms with Crippen molar-refractivity contribution in [2.24, 2.45) is 17.8 Å². The molecule has 9 heteroatoms. The van der Waals surface area contributed by atoms with E-state index in [0.29, 0.717) is 22.5 Å². The van der Waals surface area contributed by atoms with Crippen molar-refractivity contribution in [3.63, 3.8) is 0 Å². The molecule has 6 rings (SSSR count). The van der Waals surface area contributed by atoms with Gasteiger partial charge in [0.25, 0.3) is 0 Å². The third-order valence-corrected chi connectivity index (χ3v) is 8.74. The molecule has 0 radical (unpaired) electrons. The Morgan fingerprint density at radius 2 is 1.85 bits per heavy atom. The van der Waals surface area contributed by atoms with Gasteiger partial charge < -0.3 is 9.88 Å². The van der Waals surface area contributed by atoms with Gasteiger partial charge in [0.1, 0.15) is 0 Å². The Labute approximate surface area is 203 Å². The number of rotatable bonds is 6. The van der Waals surface area contributed by atoms with Crippen LogP contribution in [-0.2, 0) is 11.3 Å². The zero-order valence-electron chi connectivity index (χ0n) is 19.0. The second kappa shape index (κ2) is 8.95. The number of halogens is 1. The van der Waals surface area contributed by atoms with Crippen LogP contribution in [0.1, 0.15) is 52.4 Å². The Hall–Kier alpha value is -2.06. The van der Waals surface area contributed by atoms with Gasteiger partial charge in [0.15, 0.2) is 11.0 Å². The monoisotopic (exact) mass is 487 g/mol. The van der Waals surface area contributed by atoms with Crippen LogP contribution in [0.4, 0.5) is 4.79 Å². The molecule has 4 saturated carbocycles. The highest BCUT2D eigenvalue weighted by Gasteiger charge is 2.51. The number of amides is 3. The highest BCUT2D eigenvalue weighted by Crippen LogP contribution is 2.55. The average Bonchev–Trinajstić information content (AvgIpc) is 3.14. The minimum Gasteiger partial charge on any atom is -0.332 e. The van der Waals surface area contributed by atoms with E-state index < -0.39 is 5.25 Å². The summed E-state index contributed by atoms with van der Waals surface area (Å²) in [5.74, 6) is 2.58. The first-order valence-electron chi connectivity index (χ1n) is 11.8. The Morgan fingerprint density at radius 1 is 1.18 bits per heavy atom. The predicted molar refractivity (Wildman–Crippen MR) is 129 cm³/mol. The molecule has 33 heavy (non-hydrogen) atoms. The van der Waals surface area contributed by atoms with E-state index in [1.165, 1.54) is 31.0 Å². The molecule has 2 aromatic rings. The first kappa shape index (κ1) is 22.7. The van der Waals surface area contributed by atoms with Crippen molar-refractivity contribution in [3.05, 3.63) is 29.3 Å². The van der Waals surface area contributed by atoms with Crippen LogP contribution in [0.15, 0.2) is 29.4 Å². The van der Waals surface area contributed by atoms with E-state index in [1.807, 2.05) is 35.8 Å². The standard InChI is InChI=1S/C24H30ClN5O2S/c1-3-30-20(18-5-4-6-19(25)10-18)28-29-23(30)33-14(2)21(31)26-22(32)27-24-11-15-7-16(12-24)9-17(8-15)13-24/h4-6,10,14-17H,3,7-9,11-13H2,1-2H3,(H2,26,27,31,32). The summed E-state index contributed by atoms with van der Waals surface area (Å²) in [4.78, 5) is 25.5. The van der Waals surface area contributed by atoms with Crippen LogP contribution in [0, 0.1) is 17.8 Å². The van der Waals surface area contributed by atoms with E-state index in [-0.39, 0.29) is 17.5 Å². The number of benzene rings is 1. The molecular formula is C24H30ClN5O2S. The van der Waals surface area contributed by atoms with E-state index in [2.05, 4.69) is 20.8 Å². The van der Waals surface area contributed by atoms with E-state index >= 15 is 0 Å². The maximum atomic E-state index is 12.8. The number of nitrogens with zero attached hydrogens (tertiary/aromatic N) is 3. The van der Waals surface area contributed by atoms with Gasteiger partial charge in [0.2, 0.25) is 5.91 Å². The van der Waals surface area contributed by atoms with Crippen molar-refractivity contribution in [3.8, 4) is 11.4 Å². The van der Waals surface area contributed by atoms with Crippen molar-refractivity contribution in [1.82, 2.24) is 25.4 Å². The molecular weight excluding hydrogens is 458 g/mol. The van der Waals surface area contributed by atoms with E-state index in [4.69, 9.17) is 11.6 Å². The molecule has 0 saturated heterocycles. The lowest BCUT2D eigenvalue weighted by atomic mass is 9.53. The molecule has 0 spiro atoms. The quantitative estimate of drug-likeness (QED) is 0.566. The summed E-state index contributed by atoms with van der Waals surface area (Å²) in [5.41, 5.74) is 0.750. The second-order valence-corrected chi connectivity index (χ2v) is 11.7. The number of imide groups is 1. The lowest BCUT2D eigenvalue weighted by Crippen LogP contribution is -2.62. The van der Waals surface area contributed by atoms with Crippen molar-refractivity contribution in [2.75, 3.05) is 0 Å². The first-order valence-corrected chi connectivity index (χ1v) is 13.1. The van der Waals surface area contributed by atoms with Gasteiger partial charge in [-0.2, -0.15) is 0 Å². The van der Waals surface area contributed by atoms with Crippen molar-refractivity contribution < 1.29 is 9.59 Å². The largest absolute Gasteiger partial charge is 0.332 e.